The molecule has 1 unspecified atom stereocenters. The van der Waals surface area contributed by atoms with Gasteiger partial charge in [-0.05, 0) is 51.3 Å². The van der Waals surface area contributed by atoms with Crippen LogP contribution in [0.25, 0.3) is 0 Å². The molecular formula is C16H24N2O2. The highest BCUT2D eigenvalue weighted by Gasteiger charge is 2.22. The second kappa shape index (κ2) is 6.07. The zero-order chi connectivity index (χ0) is 15.5. The molecule has 0 aromatic heterocycles. The third-order valence-corrected chi connectivity index (χ3v) is 2.99. The Morgan fingerprint density at radius 1 is 1.40 bits per heavy atom. The van der Waals surface area contributed by atoms with Gasteiger partial charge in [0.05, 0.1) is 5.92 Å². The van der Waals surface area contributed by atoms with Crippen molar-refractivity contribution in [1.29, 1.82) is 5.41 Å². The molecule has 0 radical (unpaired) electrons. The van der Waals surface area contributed by atoms with Gasteiger partial charge in [-0.2, -0.15) is 0 Å². The summed E-state index contributed by atoms with van der Waals surface area (Å²) < 4.78 is 5.38. The van der Waals surface area contributed by atoms with E-state index in [1.807, 2.05) is 52.8 Å². The van der Waals surface area contributed by atoms with Crippen LogP contribution < -0.4 is 5.73 Å². The molecule has 110 valence electrons. The minimum Gasteiger partial charge on any atom is -0.460 e. The Balaban J connectivity index is 2.78. The molecule has 0 heterocycles. The van der Waals surface area contributed by atoms with Crippen LogP contribution in [-0.2, 0) is 16.0 Å². The van der Waals surface area contributed by atoms with Gasteiger partial charge in [0, 0.05) is 5.56 Å². The van der Waals surface area contributed by atoms with Crippen molar-refractivity contribution in [1.82, 2.24) is 0 Å². The Bertz CT molecular complexity index is 516. The number of carbonyl (C=O) groups is 1. The van der Waals surface area contributed by atoms with Crippen LogP contribution in [0.15, 0.2) is 18.2 Å². The van der Waals surface area contributed by atoms with E-state index >= 15 is 0 Å². The number of nitrogens with one attached hydrogen (secondary N) is 1. The van der Waals surface area contributed by atoms with Crippen LogP contribution in [-0.4, -0.2) is 17.4 Å². The quantitative estimate of drug-likeness (QED) is 0.504. The summed E-state index contributed by atoms with van der Waals surface area (Å²) in [5.41, 5.74) is 7.82. The number of carbonyl (C=O) groups excluding carboxylic acids is 1. The number of aryl methyl sites for hydroxylation is 1. The van der Waals surface area contributed by atoms with Crippen molar-refractivity contribution in [3.63, 3.8) is 0 Å². The summed E-state index contributed by atoms with van der Waals surface area (Å²) in [5.74, 6) is -0.330. The molecule has 20 heavy (non-hydrogen) atoms. The van der Waals surface area contributed by atoms with E-state index in [0.29, 0.717) is 12.0 Å². The number of rotatable bonds is 4. The summed E-state index contributed by atoms with van der Waals surface area (Å²) in [5, 5.41) is 7.41. The lowest BCUT2D eigenvalue weighted by Gasteiger charge is -2.22. The highest BCUT2D eigenvalue weighted by atomic mass is 16.6. The number of benzene rings is 1. The molecular weight excluding hydrogens is 252 g/mol. The number of esters is 1. The molecule has 1 aromatic carbocycles. The Labute approximate surface area is 120 Å². The van der Waals surface area contributed by atoms with Crippen molar-refractivity contribution in [3.05, 3.63) is 34.9 Å². The number of hydrogen-bond donors (Lipinski definition) is 2. The van der Waals surface area contributed by atoms with Gasteiger partial charge in [-0.3, -0.25) is 10.2 Å². The molecule has 3 N–H and O–H groups in total. The van der Waals surface area contributed by atoms with Gasteiger partial charge in [-0.15, -0.1) is 0 Å². The molecule has 0 fully saturated rings. The van der Waals surface area contributed by atoms with Gasteiger partial charge >= 0.3 is 5.97 Å². The Morgan fingerprint density at radius 2 is 2.00 bits per heavy atom. The van der Waals surface area contributed by atoms with E-state index in [-0.39, 0.29) is 17.7 Å². The fourth-order valence-electron chi connectivity index (χ4n) is 1.91. The number of nitrogens with two attached hydrogens (primary N) is 1. The highest BCUT2D eigenvalue weighted by Crippen LogP contribution is 2.18. The lowest BCUT2D eigenvalue weighted by atomic mass is 9.95. The van der Waals surface area contributed by atoms with E-state index < -0.39 is 5.60 Å². The fraction of sp³-hybridized carbons (Fsp3) is 0.500. The first-order valence-electron chi connectivity index (χ1n) is 6.77. The van der Waals surface area contributed by atoms with Crippen molar-refractivity contribution < 1.29 is 9.53 Å². The average Bonchev–Trinajstić information content (AvgIpc) is 2.29. The zero-order valence-electron chi connectivity index (χ0n) is 12.9. The van der Waals surface area contributed by atoms with Crippen LogP contribution in [0.5, 0.6) is 0 Å². The second-order valence-electron chi connectivity index (χ2n) is 6.19. The summed E-state index contributed by atoms with van der Waals surface area (Å²) >= 11 is 0. The molecule has 4 nitrogen and oxygen atoms in total. The molecule has 1 rings (SSSR count). The van der Waals surface area contributed by atoms with Crippen LogP contribution in [0.3, 0.4) is 0 Å². The molecule has 1 atom stereocenters. The monoisotopic (exact) mass is 276 g/mol. The molecule has 0 saturated carbocycles. The van der Waals surface area contributed by atoms with E-state index in [0.717, 1.165) is 11.1 Å². The lowest BCUT2D eigenvalue weighted by Crippen LogP contribution is -2.28. The average molecular weight is 276 g/mol. The number of nitrogen functional groups attached to an aromatic ring is 1. The van der Waals surface area contributed by atoms with Gasteiger partial charge in [0.25, 0.3) is 0 Å². The van der Waals surface area contributed by atoms with Gasteiger partial charge in [-0.25, -0.2) is 0 Å². The van der Waals surface area contributed by atoms with E-state index in [1.54, 1.807) is 0 Å². The minimum atomic E-state index is -0.459. The third-order valence-electron chi connectivity index (χ3n) is 2.99. The van der Waals surface area contributed by atoms with E-state index in [2.05, 4.69) is 0 Å². The predicted molar refractivity (Wildman–Crippen MR) is 80.9 cm³/mol. The molecule has 0 spiro atoms. The topological polar surface area (TPSA) is 76.2 Å². The van der Waals surface area contributed by atoms with Crippen molar-refractivity contribution in [2.75, 3.05) is 0 Å². The van der Waals surface area contributed by atoms with Gasteiger partial charge in [-0.1, -0.05) is 19.1 Å². The molecule has 0 saturated heterocycles. The first-order valence-corrected chi connectivity index (χ1v) is 6.77. The first-order chi connectivity index (χ1) is 9.10. The summed E-state index contributed by atoms with van der Waals surface area (Å²) in [4.78, 5) is 12.0. The summed E-state index contributed by atoms with van der Waals surface area (Å²) in [6.07, 6.45) is 0.624. The molecule has 0 amide bonds. The van der Waals surface area contributed by atoms with Crippen LogP contribution in [0.4, 0.5) is 0 Å². The third kappa shape index (κ3) is 4.68. The molecule has 1 aromatic rings. The highest BCUT2D eigenvalue weighted by molar-refractivity contribution is 5.95. The summed E-state index contributed by atoms with van der Waals surface area (Å²) in [6, 6.07) is 5.61. The van der Waals surface area contributed by atoms with Crippen LogP contribution in [0.2, 0.25) is 0 Å². The molecule has 0 aliphatic heterocycles. The minimum absolute atomic E-state index is 0.0554. The van der Waals surface area contributed by atoms with Crippen molar-refractivity contribution in [3.8, 4) is 0 Å². The van der Waals surface area contributed by atoms with Gasteiger partial charge < -0.3 is 10.5 Å². The number of ether oxygens (including phenoxy) is 1. The van der Waals surface area contributed by atoms with Crippen molar-refractivity contribution >= 4 is 11.8 Å². The number of hydrogen-bond acceptors (Lipinski definition) is 3. The molecule has 0 aliphatic carbocycles. The maximum Gasteiger partial charge on any atom is 0.309 e. The Morgan fingerprint density at radius 3 is 2.45 bits per heavy atom. The van der Waals surface area contributed by atoms with Crippen molar-refractivity contribution in [2.45, 2.75) is 46.6 Å². The second-order valence-corrected chi connectivity index (χ2v) is 6.19. The van der Waals surface area contributed by atoms with Crippen LogP contribution in [0, 0.1) is 18.3 Å². The van der Waals surface area contributed by atoms with E-state index in [1.165, 1.54) is 0 Å². The first kappa shape index (κ1) is 16.2. The smallest absolute Gasteiger partial charge is 0.309 e. The van der Waals surface area contributed by atoms with Gasteiger partial charge in [0.2, 0.25) is 0 Å². The van der Waals surface area contributed by atoms with Crippen LogP contribution >= 0.6 is 0 Å². The largest absolute Gasteiger partial charge is 0.460 e. The maximum absolute atomic E-state index is 12.0. The van der Waals surface area contributed by atoms with Gasteiger partial charge in [0.1, 0.15) is 11.4 Å². The molecule has 4 heteroatoms. The standard InChI is InChI=1S/C16H24N2O2/c1-10-8-13(14(17)18)7-6-12(10)9-11(2)15(19)20-16(3,4)5/h6-8,11H,9H2,1-5H3,(H3,17,18). The van der Waals surface area contributed by atoms with E-state index in [9.17, 15) is 4.79 Å². The summed E-state index contributed by atoms with van der Waals surface area (Å²) in [6.45, 7) is 9.43. The summed E-state index contributed by atoms with van der Waals surface area (Å²) in [7, 11) is 0. The fourth-order valence-corrected chi connectivity index (χ4v) is 1.91. The van der Waals surface area contributed by atoms with Crippen molar-refractivity contribution in [2.24, 2.45) is 11.7 Å². The SMILES string of the molecule is Cc1cc(C(=N)N)ccc1CC(C)C(=O)OC(C)(C)C. The maximum atomic E-state index is 12.0. The van der Waals surface area contributed by atoms with Crippen LogP contribution in [0.1, 0.15) is 44.4 Å². The lowest BCUT2D eigenvalue weighted by molar-refractivity contribution is -0.159. The zero-order valence-corrected chi connectivity index (χ0v) is 12.9. The number of amidine groups is 1. The Kier molecular flexibility index (Phi) is 4.93. The predicted octanol–water partition coefficient (Wildman–Crippen LogP) is 2.80. The molecule has 0 bridgehead atoms. The van der Waals surface area contributed by atoms with E-state index in [4.69, 9.17) is 15.9 Å². The molecule has 0 aliphatic rings. The van der Waals surface area contributed by atoms with Gasteiger partial charge in [0.15, 0.2) is 0 Å². The Hall–Kier alpha value is -1.84. The normalized spacial score (nSPS) is 12.8.